The molecule has 13 nitrogen and oxygen atoms in total. The number of nitrogens with two attached hydrogens (primary N) is 1. The Labute approximate surface area is 269 Å². The molecule has 46 heavy (non-hydrogen) atoms. The van der Waals surface area contributed by atoms with Gasteiger partial charge in [0.2, 0.25) is 17.7 Å². The molecule has 0 aliphatic carbocycles. The van der Waals surface area contributed by atoms with Crippen LogP contribution in [0.5, 0.6) is 0 Å². The normalized spacial score (nSPS) is 13.9. The molecular formula is C32H38N6O7S. The molecule has 0 bridgehead atoms. The van der Waals surface area contributed by atoms with Gasteiger partial charge >= 0.3 is 11.9 Å². The van der Waals surface area contributed by atoms with Crippen molar-refractivity contribution in [3.05, 3.63) is 72.1 Å². The number of H-pyrrole nitrogens is 2. The maximum atomic E-state index is 13.7. The van der Waals surface area contributed by atoms with Gasteiger partial charge in [0.05, 0.1) is 6.04 Å². The zero-order valence-electron chi connectivity index (χ0n) is 25.2. The highest BCUT2D eigenvalue weighted by atomic mass is 32.2. The molecule has 2 aromatic heterocycles. The average molecular weight is 651 g/mol. The van der Waals surface area contributed by atoms with Gasteiger partial charge in [0.1, 0.15) is 18.1 Å². The lowest BCUT2D eigenvalue weighted by Gasteiger charge is -2.25. The summed E-state index contributed by atoms with van der Waals surface area (Å²) in [6.45, 7) is 0. The Morgan fingerprint density at radius 2 is 1.24 bits per heavy atom. The first kappa shape index (κ1) is 34.1. The number of aliphatic carboxylic acids is 2. The van der Waals surface area contributed by atoms with Crippen LogP contribution in [0.2, 0.25) is 0 Å². The quantitative estimate of drug-likeness (QED) is 0.0835. The number of carboxylic acids is 2. The Bertz CT molecular complexity index is 1700. The number of para-hydroxylation sites is 2. The molecule has 0 fully saturated rings. The van der Waals surface area contributed by atoms with E-state index in [1.54, 1.807) is 12.4 Å². The van der Waals surface area contributed by atoms with Crippen molar-refractivity contribution in [3.8, 4) is 0 Å². The molecule has 0 spiro atoms. The third kappa shape index (κ3) is 8.88. The standard InChI is InChI=1S/C32H38N6O7S/c1-46-13-12-22(33)29(41)37-26(14-18-16-34-23-8-4-2-6-20(18)23)31(43)36-25(10-11-28(39)40)30(42)38-27(32(44)45)15-19-17-35-24-9-5-3-7-21(19)24/h2-9,16-17,22,25-27,34-35H,10-15,33H2,1H3,(H,36,43)(H,37,41)(H,38,42)(H,39,40)(H,44,45). The van der Waals surface area contributed by atoms with Crippen LogP contribution in [0.25, 0.3) is 21.8 Å². The number of benzene rings is 2. The molecule has 0 saturated heterocycles. The Morgan fingerprint density at radius 3 is 1.78 bits per heavy atom. The molecule has 0 aliphatic heterocycles. The van der Waals surface area contributed by atoms with E-state index < -0.39 is 60.2 Å². The number of hydrogen-bond donors (Lipinski definition) is 8. The first-order chi connectivity index (χ1) is 22.1. The van der Waals surface area contributed by atoms with Gasteiger partial charge in [-0.1, -0.05) is 36.4 Å². The van der Waals surface area contributed by atoms with E-state index in [-0.39, 0.29) is 19.3 Å². The number of aromatic nitrogens is 2. The minimum absolute atomic E-state index is 0.0441. The van der Waals surface area contributed by atoms with Gasteiger partial charge < -0.3 is 41.9 Å². The van der Waals surface area contributed by atoms with Crippen molar-refractivity contribution in [2.75, 3.05) is 12.0 Å². The summed E-state index contributed by atoms with van der Waals surface area (Å²) < 4.78 is 0. The van der Waals surface area contributed by atoms with Crippen molar-refractivity contribution >= 4 is 63.2 Å². The zero-order chi connectivity index (χ0) is 33.2. The fraction of sp³-hybridized carbons (Fsp3) is 0.344. The summed E-state index contributed by atoms with van der Waals surface area (Å²) in [5, 5.41) is 28.6. The van der Waals surface area contributed by atoms with Crippen LogP contribution in [0.3, 0.4) is 0 Å². The Balaban J connectivity index is 1.55. The topological polar surface area (TPSA) is 219 Å². The van der Waals surface area contributed by atoms with Crippen molar-refractivity contribution in [1.29, 1.82) is 0 Å². The molecule has 0 aliphatic rings. The van der Waals surface area contributed by atoms with Gasteiger partial charge in [-0.2, -0.15) is 11.8 Å². The minimum atomic E-state index is -1.40. The van der Waals surface area contributed by atoms with E-state index in [1.165, 1.54) is 11.8 Å². The average Bonchev–Trinajstić information content (AvgIpc) is 3.64. The van der Waals surface area contributed by atoms with E-state index >= 15 is 0 Å². The van der Waals surface area contributed by atoms with Crippen molar-refractivity contribution in [3.63, 3.8) is 0 Å². The van der Waals surface area contributed by atoms with E-state index in [2.05, 4.69) is 25.9 Å². The molecule has 2 aromatic carbocycles. The molecule has 0 radical (unpaired) electrons. The number of carbonyl (C=O) groups is 5. The van der Waals surface area contributed by atoms with Crippen LogP contribution in [0, 0.1) is 0 Å². The maximum Gasteiger partial charge on any atom is 0.326 e. The van der Waals surface area contributed by atoms with Crippen LogP contribution >= 0.6 is 11.8 Å². The highest BCUT2D eigenvalue weighted by molar-refractivity contribution is 7.98. The number of aromatic amines is 2. The lowest BCUT2D eigenvalue weighted by atomic mass is 10.0. The van der Waals surface area contributed by atoms with E-state index in [9.17, 15) is 34.2 Å². The van der Waals surface area contributed by atoms with Crippen molar-refractivity contribution in [2.24, 2.45) is 5.73 Å². The summed E-state index contributed by atoms with van der Waals surface area (Å²) in [5.74, 6) is -4.03. The largest absolute Gasteiger partial charge is 0.481 e. The molecule has 9 N–H and O–H groups in total. The molecule has 4 aromatic rings. The molecule has 0 saturated carbocycles. The molecule has 4 rings (SSSR count). The van der Waals surface area contributed by atoms with Crippen molar-refractivity contribution < 1.29 is 34.2 Å². The van der Waals surface area contributed by atoms with E-state index in [0.29, 0.717) is 17.7 Å². The fourth-order valence-electron chi connectivity index (χ4n) is 5.19. The number of amides is 3. The zero-order valence-corrected chi connectivity index (χ0v) is 26.1. The molecule has 4 unspecified atom stereocenters. The molecule has 2 heterocycles. The second-order valence-electron chi connectivity index (χ2n) is 11.0. The number of rotatable bonds is 17. The molecule has 4 atom stereocenters. The van der Waals surface area contributed by atoms with E-state index in [1.807, 2.05) is 54.8 Å². The molecular weight excluding hydrogens is 612 g/mol. The summed E-state index contributed by atoms with van der Waals surface area (Å²) in [6.07, 6.45) is 4.85. The van der Waals surface area contributed by atoms with Crippen LogP contribution < -0.4 is 21.7 Å². The summed E-state index contributed by atoms with van der Waals surface area (Å²) in [5.41, 5.74) is 9.09. The van der Waals surface area contributed by atoms with E-state index in [4.69, 9.17) is 5.73 Å². The van der Waals surface area contributed by atoms with Crippen LogP contribution in [0.4, 0.5) is 0 Å². The number of carbonyl (C=O) groups excluding carboxylic acids is 3. The lowest BCUT2D eigenvalue weighted by Crippen LogP contribution is -2.57. The van der Waals surface area contributed by atoms with Crippen molar-refractivity contribution in [1.82, 2.24) is 25.9 Å². The smallest absolute Gasteiger partial charge is 0.326 e. The second kappa shape index (κ2) is 16.0. The first-order valence-corrected chi connectivity index (χ1v) is 16.2. The first-order valence-electron chi connectivity index (χ1n) is 14.8. The van der Waals surface area contributed by atoms with Crippen molar-refractivity contribution in [2.45, 2.75) is 56.3 Å². The lowest BCUT2D eigenvalue weighted by molar-refractivity contribution is -0.143. The third-order valence-electron chi connectivity index (χ3n) is 7.70. The van der Waals surface area contributed by atoms with Gasteiger partial charge in [0.25, 0.3) is 0 Å². The number of carboxylic acid groups (broad SMARTS) is 2. The Hall–Kier alpha value is -4.82. The summed E-state index contributed by atoms with van der Waals surface area (Å²) in [6, 6.07) is 9.92. The maximum absolute atomic E-state index is 13.7. The van der Waals surface area contributed by atoms with Gasteiger partial charge in [0, 0.05) is 53.5 Å². The van der Waals surface area contributed by atoms with Crippen LogP contribution in [0.15, 0.2) is 60.9 Å². The number of hydrogen-bond acceptors (Lipinski definition) is 7. The SMILES string of the molecule is CSCCC(N)C(=O)NC(Cc1c[nH]c2ccccc12)C(=O)NC(CCC(=O)O)C(=O)NC(Cc1c[nH]c2ccccc12)C(=O)O. The highest BCUT2D eigenvalue weighted by Crippen LogP contribution is 2.21. The van der Waals surface area contributed by atoms with Gasteiger partial charge in [0.15, 0.2) is 0 Å². The summed E-state index contributed by atoms with van der Waals surface area (Å²) in [7, 11) is 0. The van der Waals surface area contributed by atoms with Crippen LogP contribution in [0.1, 0.15) is 30.4 Å². The Kier molecular flexibility index (Phi) is 11.8. The second-order valence-corrected chi connectivity index (χ2v) is 12.0. The molecule has 3 amide bonds. The summed E-state index contributed by atoms with van der Waals surface area (Å²) in [4.78, 5) is 70.0. The van der Waals surface area contributed by atoms with Gasteiger partial charge in [-0.05, 0) is 48.1 Å². The number of thioether (sulfide) groups is 1. The van der Waals surface area contributed by atoms with Gasteiger partial charge in [-0.25, -0.2) is 4.79 Å². The molecule has 244 valence electrons. The van der Waals surface area contributed by atoms with Crippen LogP contribution in [-0.2, 0) is 36.8 Å². The van der Waals surface area contributed by atoms with Crippen LogP contribution in [-0.4, -0.2) is 86.0 Å². The highest BCUT2D eigenvalue weighted by Gasteiger charge is 2.31. The predicted octanol–water partition coefficient (Wildman–Crippen LogP) is 1.92. The summed E-state index contributed by atoms with van der Waals surface area (Å²) >= 11 is 1.53. The monoisotopic (exact) mass is 650 g/mol. The fourth-order valence-corrected chi connectivity index (χ4v) is 5.68. The third-order valence-corrected chi connectivity index (χ3v) is 8.34. The van der Waals surface area contributed by atoms with E-state index in [0.717, 1.165) is 27.4 Å². The van der Waals surface area contributed by atoms with Gasteiger partial charge in [-0.3, -0.25) is 19.2 Å². The minimum Gasteiger partial charge on any atom is -0.481 e. The Morgan fingerprint density at radius 1 is 0.739 bits per heavy atom. The van der Waals surface area contributed by atoms with Gasteiger partial charge in [-0.15, -0.1) is 0 Å². The number of fused-ring (bicyclic) bond motifs is 2. The molecule has 14 heteroatoms. The predicted molar refractivity (Wildman–Crippen MR) is 175 cm³/mol. The number of nitrogens with one attached hydrogen (secondary N) is 5.